The molecule has 0 aliphatic rings. The summed E-state index contributed by atoms with van der Waals surface area (Å²) in [5.74, 6) is 0. The molecule has 1 N–H and O–H groups in total. The fraction of sp³-hybridized carbons (Fsp3) is 0.714. The van der Waals surface area contributed by atoms with Gasteiger partial charge in [0.15, 0.2) is 0 Å². The summed E-state index contributed by atoms with van der Waals surface area (Å²) in [4.78, 5) is 2.09. The summed E-state index contributed by atoms with van der Waals surface area (Å²) in [6.45, 7) is 7.63. The van der Waals surface area contributed by atoms with Gasteiger partial charge in [-0.15, -0.1) is 0 Å². The zero-order valence-electron chi connectivity index (χ0n) is 6.57. The van der Waals surface area contributed by atoms with Crippen LogP contribution < -0.4 is 5.32 Å². The first-order chi connectivity index (χ1) is 4.13. The zero-order valence-corrected chi connectivity index (χ0v) is 6.57. The minimum atomic E-state index is 0.915. The first kappa shape index (κ1) is 8.66. The fourth-order valence-electron chi connectivity index (χ4n) is 0.493. The lowest BCUT2D eigenvalue weighted by atomic mass is 10.3. The molecule has 0 saturated heterocycles. The van der Waals surface area contributed by atoms with E-state index in [0.29, 0.717) is 0 Å². The minimum Gasteiger partial charge on any atom is -0.301 e. The minimum absolute atomic E-state index is 0.915. The maximum absolute atomic E-state index is 3.77. The van der Waals surface area contributed by atoms with E-state index in [-0.39, 0.29) is 0 Å². The van der Waals surface area contributed by atoms with Gasteiger partial charge in [-0.05, 0) is 21.0 Å². The Morgan fingerprint density at radius 2 is 2.11 bits per heavy atom. The van der Waals surface area contributed by atoms with Gasteiger partial charge in [0.25, 0.3) is 0 Å². The van der Waals surface area contributed by atoms with Gasteiger partial charge in [-0.3, -0.25) is 4.90 Å². The molecule has 2 nitrogen and oxygen atoms in total. The van der Waals surface area contributed by atoms with Crippen molar-refractivity contribution in [2.24, 2.45) is 0 Å². The van der Waals surface area contributed by atoms with Gasteiger partial charge in [0.05, 0.1) is 0 Å². The normalized spacial score (nSPS) is 10.2. The molecule has 0 atom stereocenters. The highest BCUT2D eigenvalue weighted by molar-refractivity contribution is 4.90. The average molecular weight is 128 g/mol. The highest BCUT2D eigenvalue weighted by atomic mass is 15.2. The van der Waals surface area contributed by atoms with Crippen LogP contribution in [0.2, 0.25) is 0 Å². The van der Waals surface area contributed by atoms with Crippen LogP contribution in [-0.2, 0) is 0 Å². The highest BCUT2D eigenvalue weighted by Crippen LogP contribution is 1.80. The Morgan fingerprint density at radius 1 is 1.56 bits per heavy atom. The molecule has 0 aliphatic heterocycles. The predicted molar refractivity (Wildman–Crippen MR) is 41.4 cm³/mol. The summed E-state index contributed by atoms with van der Waals surface area (Å²) in [5.41, 5.74) is 1.18. The second-order valence-electron chi connectivity index (χ2n) is 2.62. The molecule has 0 rings (SSSR count). The molecule has 54 valence electrons. The number of nitrogens with one attached hydrogen (secondary N) is 1. The van der Waals surface area contributed by atoms with E-state index >= 15 is 0 Å². The first-order valence-electron chi connectivity index (χ1n) is 3.12. The second-order valence-corrected chi connectivity index (χ2v) is 2.62. The van der Waals surface area contributed by atoms with Crippen LogP contribution in [0.5, 0.6) is 0 Å². The van der Waals surface area contributed by atoms with E-state index in [0.717, 1.165) is 13.2 Å². The van der Waals surface area contributed by atoms with Gasteiger partial charge in [0.1, 0.15) is 0 Å². The summed E-state index contributed by atoms with van der Waals surface area (Å²) < 4.78 is 0. The zero-order chi connectivity index (χ0) is 7.28. The predicted octanol–water partition coefficient (Wildman–Crippen LogP) is 0.671. The van der Waals surface area contributed by atoms with E-state index in [2.05, 4.69) is 16.8 Å². The maximum atomic E-state index is 3.77. The molecule has 0 aromatic heterocycles. The van der Waals surface area contributed by atoms with Crippen LogP contribution >= 0.6 is 0 Å². The van der Waals surface area contributed by atoms with Gasteiger partial charge in [-0.2, -0.15) is 0 Å². The Bertz CT molecular complexity index is 86.9. The molecular weight excluding hydrogens is 112 g/mol. The Labute approximate surface area is 57.5 Å². The molecule has 0 saturated carbocycles. The topological polar surface area (TPSA) is 15.3 Å². The van der Waals surface area contributed by atoms with Gasteiger partial charge in [0, 0.05) is 13.2 Å². The van der Waals surface area contributed by atoms with Crippen molar-refractivity contribution >= 4 is 0 Å². The van der Waals surface area contributed by atoms with Crippen LogP contribution in [0.25, 0.3) is 0 Å². The molecule has 9 heavy (non-hydrogen) atoms. The largest absolute Gasteiger partial charge is 0.301 e. The van der Waals surface area contributed by atoms with Gasteiger partial charge in [-0.25, -0.2) is 0 Å². The molecule has 0 bridgehead atoms. The van der Waals surface area contributed by atoms with E-state index in [1.165, 1.54) is 5.57 Å². The molecule has 0 fully saturated rings. The molecule has 0 aromatic carbocycles. The lowest BCUT2D eigenvalue weighted by Gasteiger charge is -2.10. The molecule has 0 heterocycles. The molecule has 0 unspecified atom stereocenters. The van der Waals surface area contributed by atoms with Crippen LogP contribution in [0.4, 0.5) is 0 Å². The molecule has 0 aliphatic carbocycles. The Hall–Kier alpha value is -0.340. The summed E-state index contributed by atoms with van der Waals surface area (Å²) in [7, 11) is 4.07. The fourth-order valence-corrected chi connectivity index (χ4v) is 0.493. The van der Waals surface area contributed by atoms with Crippen LogP contribution in [0.15, 0.2) is 12.2 Å². The van der Waals surface area contributed by atoms with Crippen molar-refractivity contribution in [2.75, 3.05) is 27.3 Å². The third kappa shape index (κ3) is 7.66. The Kier molecular flexibility index (Phi) is 4.36. The van der Waals surface area contributed by atoms with Crippen molar-refractivity contribution < 1.29 is 0 Å². The van der Waals surface area contributed by atoms with E-state index in [1.54, 1.807) is 0 Å². The third-order valence-electron chi connectivity index (χ3n) is 0.855. The van der Waals surface area contributed by atoms with Gasteiger partial charge >= 0.3 is 0 Å². The van der Waals surface area contributed by atoms with E-state index in [1.807, 2.05) is 21.0 Å². The van der Waals surface area contributed by atoms with E-state index in [4.69, 9.17) is 0 Å². The quantitative estimate of drug-likeness (QED) is 0.442. The number of hydrogen-bond acceptors (Lipinski definition) is 2. The number of hydrogen-bond donors (Lipinski definition) is 1. The summed E-state index contributed by atoms with van der Waals surface area (Å²) >= 11 is 0. The van der Waals surface area contributed by atoms with E-state index in [9.17, 15) is 0 Å². The van der Waals surface area contributed by atoms with Gasteiger partial charge < -0.3 is 5.32 Å². The number of rotatable bonds is 4. The van der Waals surface area contributed by atoms with Crippen molar-refractivity contribution in [3.8, 4) is 0 Å². The van der Waals surface area contributed by atoms with Crippen molar-refractivity contribution in [1.29, 1.82) is 0 Å². The number of nitrogens with zero attached hydrogens (tertiary/aromatic N) is 1. The molecule has 0 amide bonds. The van der Waals surface area contributed by atoms with Crippen LogP contribution in [0.3, 0.4) is 0 Å². The van der Waals surface area contributed by atoms with Gasteiger partial charge in [0.2, 0.25) is 0 Å². The SMILES string of the molecule is C=C(C)CNCN(C)C. The molecule has 0 radical (unpaired) electrons. The van der Waals surface area contributed by atoms with Crippen LogP contribution in [0.1, 0.15) is 6.92 Å². The van der Waals surface area contributed by atoms with Crippen molar-refractivity contribution in [3.05, 3.63) is 12.2 Å². The Balaban J connectivity index is 3.01. The Morgan fingerprint density at radius 3 is 2.44 bits per heavy atom. The van der Waals surface area contributed by atoms with E-state index < -0.39 is 0 Å². The standard InChI is InChI=1S/C7H16N2/c1-7(2)5-8-6-9(3)4/h8H,1,5-6H2,2-4H3. The summed E-state index contributed by atoms with van der Waals surface area (Å²) in [5, 5.41) is 3.21. The lowest BCUT2D eigenvalue weighted by molar-refractivity contribution is 0.376. The lowest BCUT2D eigenvalue weighted by Crippen LogP contribution is -2.28. The van der Waals surface area contributed by atoms with Crippen molar-refractivity contribution in [1.82, 2.24) is 10.2 Å². The van der Waals surface area contributed by atoms with Crippen molar-refractivity contribution in [2.45, 2.75) is 6.92 Å². The average Bonchev–Trinajstić information content (AvgIpc) is 1.63. The maximum Gasteiger partial charge on any atom is 0.0477 e. The van der Waals surface area contributed by atoms with Gasteiger partial charge in [-0.1, -0.05) is 12.2 Å². The molecular formula is C7H16N2. The smallest absolute Gasteiger partial charge is 0.0477 e. The second kappa shape index (κ2) is 4.53. The third-order valence-corrected chi connectivity index (χ3v) is 0.855. The van der Waals surface area contributed by atoms with Crippen LogP contribution in [-0.4, -0.2) is 32.2 Å². The summed E-state index contributed by atoms with van der Waals surface area (Å²) in [6, 6.07) is 0. The molecule has 2 heteroatoms. The monoisotopic (exact) mass is 128 g/mol. The molecule has 0 aromatic rings. The highest BCUT2D eigenvalue weighted by Gasteiger charge is 1.86. The van der Waals surface area contributed by atoms with Crippen molar-refractivity contribution in [3.63, 3.8) is 0 Å². The van der Waals surface area contributed by atoms with Crippen LogP contribution in [0, 0.1) is 0 Å². The molecule has 0 spiro atoms. The first-order valence-corrected chi connectivity index (χ1v) is 3.12. The summed E-state index contributed by atoms with van der Waals surface area (Å²) in [6.07, 6.45) is 0.